The Kier molecular flexibility index (Phi) is 7.03. The van der Waals surface area contributed by atoms with Crippen molar-refractivity contribution in [1.82, 2.24) is 0 Å². The first-order chi connectivity index (χ1) is 17.1. The summed E-state index contributed by atoms with van der Waals surface area (Å²) in [7, 11) is -12.9. The second-order valence-corrected chi connectivity index (χ2v) is 13.1. The quantitative estimate of drug-likeness (QED) is 0.297. The van der Waals surface area contributed by atoms with E-state index in [0.717, 1.165) is 6.07 Å². The van der Waals surface area contributed by atoms with E-state index in [1.165, 1.54) is 66.7 Å². The summed E-state index contributed by atoms with van der Waals surface area (Å²) in [5, 5.41) is 0. The number of hydrogen-bond donors (Lipinski definition) is 0. The molecule has 4 aromatic rings. The molecule has 0 amide bonds. The minimum atomic E-state index is -4.42. The van der Waals surface area contributed by atoms with Gasteiger partial charge >= 0.3 is 10.1 Å². The van der Waals surface area contributed by atoms with E-state index in [2.05, 4.69) is 0 Å². The monoisotopic (exact) mass is 542 g/mol. The summed E-state index contributed by atoms with van der Waals surface area (Å²) in [4.78, 5) is -1.14. The predicted molar refractivity (Wildman–Crippen MR) is 134 cm³/mol. The van der Waals surface area contributed by atoms with Crippen molar-refractivity contribution in [3.05, 3.63) is 109 Å². The summed E-state index contributed by atoms with van der Waals surface area (Å²) in [6, 6.07) is 24.3. The van der Waals surface area contributed by atoms with Gasteiger partial charge in [0, 0.05) is 0 Å². The van der Waals surface area contributed by atoms with Gasteiger partial charge in [0.25, 0.3) is 0 Å². The molecule has 0 radical (unpaired) electrons. The molecule has 10 heteroatoms. The number of benzene rings is 4. The number of hydrogen-bond acceptors (Lipinski definition) is 7. The highest BCUT2D eigenvalue weighted by molar-refractivity contribution is 7.92. The van der Waals surface area contributed by atoms with Crippen molar-refractivity contribution in [1.29, 1.82) is 0 Å². The van der Waals surface area contributed by atoms with Crippen molar-refractivity contribution >= 4 is 29.8 Å². The maximum atomic E-state index is 13.6. The second kappa shape index (κ2) is 9.88. The Morgan fingerprint density at radius 1 is 0.556 bits per heavy atom. The lowest BCUT2D eigenvalue weighted by Crippen LogP contribution is -2.15. The average molecular weight is 543 g/mol. The Hall–Kier alpha value is -3.47. The van der Waals surface area contributed by atoms with E-state index in [0.29, 0.717) is 0 Å². The van der Waals surface area contributed by atoms with Crippen LogP contribution in [0.2, 0.25) is 0 Å². The van der Waals surface area contributed by atoms with Crippen molar-refractivity contribution in [2.24, 2.45) is 0 Å². The molecule has 0 aliphatic carbocycles. The fourth-order valence-corrected chi connectivity index (χ4v) is 7.68. The maximum Gasteiger partial charge on any atom is 0.339 e. The molecule has 186 valence electrons. The van der Waals surface area contributed by atoms with Crippen LogP contribution in [0, 0.1) is 0 Å². The highest BCUT2D eigenvalue weighted by Crippen LogP contribution is 2.37. The van der Waals surface area contributed by atoms with Gasteiger partial charge in [0.1, 0.15) is 9.79 Å². The predicted octanol–water partition coefficient (Wildman–Crippen LogP) is 4.68. The van der Waals surface area contributed by atoms with Crippen LogP contribution in [0.5, 0.6) is 5.75 Å². The highest BCUT2D eigenvalue weighted by Gasteiger charge is 2.31. The molecule has 4 rings (SSSR count). The summed E-state index contributed by atoms with van der Waals surface area (Å²) >= 11 is 0. The first-order valence-electron chi connectivity index (χ1n) is 10.8. The zero-order chi connectivity index (χ0) is 26.0. The van der Waals surface area contributed by atoms with Crippen molar-refractivity contribution in [2.75, 3.05) is 0 Å². The van der Waals surface area contributed by atoms with Gasteiger partial charge in [-0.25, -0.2) is 16.8 Å². The third-order valence-electron chi connectivity index (χ3n) is 5.43. The number of aryl methyl sites for hydroxylation is 1. The molecule has 0 bridgehead atoms. The molecule has 7 nitrogen and oxygen atoms in total. The van der Waals surface area contributed by atoms with Gasteiger partial charge < -0.3 is 4.18 Å². The lowest BCUT2D eigenvalue weighted by atomic mass is 10.1. The molecule has 0 unspecified atom stereocenters. The third-order valence-corrected chi connectivity index (χ3v) is 10.3. The minimum Gasteiger partial charge on any atom is -0.378 e. The van der Waals surface area contributed by atoms with Gasteiger partial charge in [-0.1, -0.05) is 61.5 Å². The van der Waals surface area contributed by atoms with Gasteiger partial charge in [0.2, 0.25) is 19.7 Å². The second-order valence-electron chi connectivity index (χ2n) is 7.74. The average Bonchev–Trinajstić information content (AvgIpc) is 2.89. The van der Waals surface area contributed by atoms with E-state index in [1.54, 1.807) is 37.3 Å². The van der Waals surface area contributed by atoms with Crippen LogP contribution in [0.15, 0.2) is 128 Å². The first-order valence-corrected chi connectivity index (χ1v) is 15.2. The Labute approximate surface area is 211 Å². The molecule has 0 aliphatic heterocycles. The molecule has 0 saturated carbocycles. The minimum absolute atomic E-state index is 0.0201. The molecule has 0 fully saturated rings. The maximum absolute atomic E-state index is 13.6. The lowest BCUT2D eigenvalue weighted by Gasteiger charge is -2.17. The summed E-state index contributed by atoms with van der Waals surface area (Å²) in [6.07, 6.45) is 0.175. The van der Waals surface area contributed by atoms with E-state index in [9.17, 15) is 25.3 Å². The Morgan fingerprint density at radius 2 is 0.972 bits per heavy atom. The van der Waals surface area contributed by atoms with Crippen LogP contribution in [0.1, 0.15) is 12.5 Å². The van der Waals surface area contributed by atoms with E-state index < -0.39 is 40.4 Å². The summed E-state index contributed by atoms with van der Waals surface area (Å²) in [6.45, 7) is 1.68. The molecule has 0 aliphatic rings. The topological polar surface area (TPSA) is 112 Å². The molecule has 0 atom stereocenters. The van der Waals surface area contributed by atoms with Crippen LogP contribution in [0.25, 0.3) is 0 Å². The molecular weight excluding hydrogens is 520 g/mol. The van der Waals surface area contributed by atoms with Crippen LogP contribution < -0.4 is 4.18 Å². The molecule has 0 saturated heterocycles. The molecule has 0 aromatic heterocycles. The summed E-state index contributed by atoms with van der Waals surface area (Å²) in [5.74, 6) is -0.480. The normalized spacial score (nSPS) is 12.2. The molecule has 0 heterocycles. The molecule has 4 aromatic carbocycles. The number of sulfone groups is 2. The molecule has 0 spiro atoms. The molecular formula is C26H22O7S3. The Morgan fingerprint density at radius 3 is 1.42 bits per heavy atom. The van der Waals surface area contributed by atoms with Gasteiger partial charge in [-0.2, -0.15) is 8.42 Å². The van der Waals surface area contributed by atoms with Crippen LogP contribution in [0.3, 0.4) is 0 Å². The van der Waals surface area contributed by atoms with Crippen molar-refractivity contribution < 1.29 is 29.4 Å². The van der Waals surface area contributed by atoms with E-state index in [-0.39, 0.29) is 31.6 Å². The van der Waals surface area contributed by atoms with E-state index >= 15 is 0 Å². The van der Waals surface area contributed by atoms with Gasteiger partial charge in [0.15, 0.2) is 5.75 Å². The lowest BCUT2D eigenvalue weighted by molar-refractivity contribution is 0.477. The Bertz CT molecular complexity index is 1700. The Balaban J connectivity index is 1.99. The van der Waals surface area contributed by atoms with Crippen LogP contribution in [-0.4, -0.2) is 25.3 Å². The van der Waals surface area contributed by atoms with Crippen LogP contribution in [-0.2, 0) is 36.2 Å². The zero-order valence-electron chi connectivity index (χ0n) is 19.1. The van der Waals surface area contributed by atoms with Crippen LogP contribution >= 0.6 is 0 Å². The van der Waals surface area contributed by atoms with E-state index in [4.69, 9.17) is 4.18 Å². The van der Waals surface area contributed by atoms with Gasteiger partial charge in [-0.3, -0.25) is 0 Å². The fraction of sp³-hybridized carbons (Fsp3) is 0.0769. The molecule has 0 N–H and O–H groups in total. The highest BCUT2D eigenvalue weighted by atomic mass is 32.2. The summed E-state index contributed by atoms with van der Waals surface area (Å²) < 4.78 is 85.5. The third kappa shape index (κ3) is 4.92. The molecule has 36 heavy (non-hydrogen) atoms. The summed E-state index contributed by atoms with van der Waals surface area (Å²) in [5.41, 5.74) is 0.212. The van der Waals surface area contributed by atoms with Gasteiger partial charge in [-0.05, 0) is 60.5 Å². The van der Waals surface area contributed by atoms with Gasteiger partial charge in [0.05, 0.1) is 14.7 Å². The zero-order valence-corrected chi connectivity index (χ0v) is 21.6. The fourth-order valence-electron chi connectivity index (χ4n) is 3.59. The standard InChI is InChI=1S/C26H22O7S3/c1-2-20-18-24(33-36(31,32)23-16-10-5-11-17-23)26(35(29,30)22-14-8-4-9-15-22)19-25(20)34(27,28)21-12-6-3-7-13-21/h3-19H,2H2,1H3. The SMILES string of the molecule is CCc1cc(OS(=O)(=O)c2ccccc2)c(S(=O)(=O)c2ccccc2)cc1S(=O)(=O)c1ccccc1. The smallest absolute Gasteiger partial charge is 0.339 e. The van der Waals surface area contributed by atoms with Crippen molar-refractivity contribution in [2.45, 2.75) is 37.8 Å². The van der Waals surface area contributed by atoms with Gasteiger partial charge in [-0.15, -0.1) is 0 Å². The van der Waals surface area contributed by atoms with Crippen molar-refractivity contribution in [3.63, 3.8) is 0 Å². The number of rotatable bonds is 8. The van der Waals surface area contributed by atoms with E-state index in [1.807, 2.05) is 0 Å². The first kappa shape index (κ1) is 25.6. The van der Waals surface area contributed by atoms with Crippen molar-refractivity contribution in [3.8, 4) is 5.75 Å². The largest absolute Gasteiger partial charge is 0.378 e. The van der Waals surface area contributed by atoms with Crippen LogP contribution in [0.4, 0.5) is 0 Å².